The fraction of sp³-hybridized carbons (Fsp3) is 0.550. The molecule has 1 unspecified atom stereocenters. The first-order valence-corrected chi connectivity index (χ1v) is 9.73. The molecule has 1 aliphatic carbocycles. The van der Waals surface area contributed by atoms with Crippen molar-refractivity contribution in [2.45, 2.75) is 45.2 Å². The number of aryl methyl sites for hydroxylation is 2. The molecule has 0 bridgehead atoms. The van der Waals surface area contributed by atoms with Crippen molar-refractivity contribution in [3.05, 3.63) is 52.0 Å². The molecule has 27 heavy (non-hydrogen) atoms. The summed E-state index contributed by atoms with van der Waals surface area (Å²) in [5.41, 5.74) is 1.26. The molecular formula is C20H27N5O2. The molecule has 0 aromatic carbocycles. The van der Waals surface area contributed by atoms with Crippen LogP contribution in [0.3, 0.4) is 0 Å². The molecule has 7 heteroatoms. The van der Waals surface area contributed by atoms with E-state index in [0.717, 1.165) is 43.9 Å². The fourth-order valence-corrected chi connectivity index (χ4v) is 4.33. The first-order chi connectivity index (χ1) is 13.0. The van der Waals surface area contributed by atoms with Crippen LogP contribution < -0.4 is 10.9 Å². The zero-order chi connectivity index (χ0) is 19.0. The maximum atomic E-state index is 13.4. The fourth-order valence-electron chi connectivity index (χ4n) is 4.33. The summed E-state index contributed by atoms with van der Waals surface area (Å²) in [7, 11) is 1.95. The molecule has 1 amide bonds. The van der Waals surface area contributed by atoms with Gasteiger partial charge in [0.05, 0.1) is 6.54 Å². The largest absolute Gasteiger partial charge is 0.337 e. The third-order valence-electron chi connectivity index (χ3n) is 6.14. The van der Waals surface area contributed by atoms with Crippen molar-refractivity contribution >= 4 is 5.91 Å². The van der Waals surface area contributed by atoms with E-state index >= 15 is 0 Å². The summed E-state index contributed by atoms with van der Waals surface area (Å²) in [4.78, 5) is 34.6. The van der Waals surface area contributed by atoms with Crippen molar-refractivity contribution in [1.29, 1.82) is 0 Å². The first kappa shape index (κ1) is 18.0. The van der Waals surface area contributed by atoms with Gasteiger partial charge in [-0.15, -0.1) is 0 Å². The van der Waals surface area contributed by atoms with Crippen molar-refractivity contribution in [2.24, 2.45) is 12.5 Å². The van der Waals surface area contributed by atoms with E-state index in [1.54, 1.807) is 6.20 Å². The number of nitrogens with zero attached hydrogens (tertiary/aromatic N) is 3. The Morgan fingerprint density at radius 3 is 2.81 bits per heavy atom. The maximum absolute atomic E-state index is 13.4. The van der Waals surface area contributed by atoms with Crippen LogP contribution in [0, 0.1) is 5.41 Å². The second-order valence-corrected chi connectivity index (χ2v) is 7.83. The molecule has 2 aromatic rings. The molecule has 3 heterocycles. The van der Waals surface area contributed by atoms with Gasteiger partial charge >= 0.3 is 0 Å². The average Bonchev–Trinajstić information content (AvgIpc) is 3.18. The number of rotatable bonds is 5. The van der Waals surface area contributed by atoms with Gasteiger partial charge < -0.3 is 19.8 Å². The molecule has 1 aliphatic heterocycles. The van der Waals surface area contributed by atoms with Crippen molar-refractivity contribution < 1.29 is 4.79 Å². The molecule has 4 rings (SSSR count). The lowest BCUT2D eigenvalue weighted by Gasteiger charge is -2.29. The van der Waals surface area contributed by atoms with Gasteiger partial charge in [-0.25, -0.2) is 4.98 Å². The Bertz CT molecular complexity index is 894. The SMILES string of the molecule is CCc1cc(C(=O)N(Cc2nccn2C)C2CC23CCNCC3)cc(=O)[nH]1. The Hall–Kier alpha value is -2.41. The quantitative estimate of drug-likeness (QED) is 0.836. The topological polar surface area (TPSA) is 83.0 Å². The predicted molar refractivity (Wildman–Crippen MR) is 102 cm³/mol. The van der Waals surface area contributed by atoms with Gasteiger partial charge in [-0.1, -0.05) is 6.92 Å². The van der Waals surface area contributed by atoms with Crippen LogP contribution in [0.15, 0.2) is 29.3 Å². The number of H-pyrrole nitrogens is 1. The molecule has 7 nitrogen and oxygen atoms in total. The van der Waals surface area contributed by atoms with Crippen molar-refractivity contribution in [3.8, 4) is 0 Å². The van der Waals surface area contributed by atoms with E-state index in [-0.39, 0.29) is 22.9 Å². The van der Waals surface area contributed by atoms with Crippen molar-refractivity contribution in [2.75, 3.05) is 13.1 Å². The van der Waals surface area contributed by atoms with Gasteiger partial charge in [0.15, 0.2) is 0 Å². The molecule has 2 aromatic heterocycles. The molecule has 0 radical (unpaired) electrons. The van der Waals surface area contributed by atoms with E-state index in [2.05, 4.69) is 15.3 Å². The summed E-state index contributed by atoms with van der Waals surface area (Å²) >= 11 is 0. The van der Waals surface area contributed by atoms with Crippen LogP contribution >= 0.6 is 0 Å². The summed E-state index contributed by atoms with van der Waals surface area (Å²) in [6.45, 7) is 4.45. The molecule has 144 valence electrons. The highest BCUT2D eigenvalue weighted by molar-refractivity contribution is 5.94. The van der Waals surface area contributed by atoms with E-state index in [4.69, 9.17) is 0 Å². The zero-order valence-corrected chi connectivity index (χ0v) is 16.0. The number of carbonyl (C=O) groups excluding carboxylic acids is 1. The molecule has 2 aliphatic rings. The number of amides is 1. The normalized spacial score (nSPS) is 20.6. The Kier molecular flexibility index (Phi) is 4.63. The van der Waals surface area contributed by atoms with Crippen LogP contribution in [0.1, 0.15) is 48.1 Å². The van der Waals surface area contributed by atoms with Crippen LogP contribution in [0.2, 0.25) is 0 Å². The van der Waals surface area contributed by atoms with Gasteiger partial charge in [-0.2, -0.15) is 0 Å². The molecular weight excluding hydrogens is 342 g/mol. The number of aromatic nitrogens is 3. The number of imidazole rings is 1. The van der Waals surface area contributed by atoms with Crippen LogP contribution in [0.25, 0.3) is 0 Å². The molecule has 2 N–H and O–H groups in total. The lowest BCUT2D eigenvalue weighted by atomic mass is 9.93. The highest BCUT2D eigenvalue weighted by Gasteiger charge is 2.58. The number of carbonyl (C=O) groups is 1. The Balaban J connectivity index is 1.65. The summed E-state index contributed by atoms with van der Waals surface area (Å²) in [5.74, 6) is 0.791. The number of hydrogen-bond acceptors (Lipinski definition) is 4. The Morgan fingerprint density at radius 2 is 2.15 bits per heavy atom. The zero-order valence-electron chi connectivity index (χ0n) is 16.0. The highest BCUT2D eigenvalue weighted by atomic mass is 16.2. The number of nitrogens with one attached hydrogen (secondary N) is 2. The minimum Gasteiger partial charge on any atom is -0.337 e. The van der Waals surface area contributed by atoms with Gasteiger partial charge in [0, 0.05) is 42.8 Å². The Labute approximate surface area is 158 Å². The standard InChI is InChI=1S/C20H27N5O2/c1-3-15-10-14(11-18(26)23-15)19(27)25(13-17-22-8-9-24(17)2)16-12-20(16)4-6-21-7-5-20/h8-11,16,21H,3-7,12-13H2,1-2H3,(H,23,26). The predicted octanol–water partition coefficient (Wildman–Crippen LogP) is 1.46. The summed E-state index contributed by atoms with van der Waals surface area (Å²) in [6.07, 6.45) is 7.57. The molecule has 1 spiro atoms. The van der Waals surface area contributed by atoms with Crippen LogP contribution in [0.5, 0.6) is 0 Å². The minimum absolute atomic E-state index is 0.0702. The third kappa shape index (κ3) is 3.43. The third-order valence-corrected chi connectivity index (χ3v) is 6.14. The maximum Gasteiger partial charge on any atom is 0.254 e. The highest BCUT2D eigenvalue weighted by Crippen LogP contribution is 2.56. The number of aromatic amines is 1. The van der Waals surface area contributed by atoms with Crippen LogP contribution in [-0.4, -0.2) is 44.5 Å². The van der Waals surface area contributed by atoms with Gasteiger partial charge in [-0.05, 0) is 50.3 Å². The van der Waals surface area contributed by atoms with Crippen LogP contribution in [-0.2, 0) is 20.0 Å². The summed E-state index contributed by atoms with van der Waals surface area (Å²) < 4.78 is 1.95. The molecule has 1 saturated heterocycles. The summed E-state index contributed by atoms with van der Waals surface area (Å²) in [6, 6.07) is 3.45. The molecule has 1 saturated carbocycles. The van der Waals surface area contributed by atoms with Crippen molar-refractivity contribution in [3.63, 3.8) is 0 Å². The van der Waals surface area contributed by atoms with Crippen LogP contribution in [0.4, 0.5) is 0 Å². The first-order valence-electron chi connectivity index (χ1n) is 9.73. The second-order valence-electron chi connectivity index (χ2n) is 7.83. The lowest BCUT2D eigenvalue weighted by molar-refractivity contribution is 0.0685. The van der Waals surface area contributed by atoms with Gasteiger partial charge in [0.1, 0.15) is 5.82 Å². The van der Waals surface area contributed by atoms with Gasteiger partial charge in [-0.3, -0.25) is 9.59 Å². The Morgan fingerprint density at radius 1 is 1.37 bits per heavy atom. The summed E-state index contributed by atoms with van der Waals surface area (Å²) in [5, 5.41) is 3.41. The average molecular weight is 369 g/mol. The lowest BCUT2D eigenvalue weighted by Crippen LogP contribution is -2.40. The second kappa shape index (κ2) is 6.96. The van der Waals surface area contributed by atoms with E-state index in [1.165, 1.54) is 6.07 Å². The van der Waals surface area contributed by atoms with E-state index in [9.17, 15) is 9.59 Å². The number of pyridine rings is 1. The van der Waals surface area contributed by atoms with Crippen molar-refractivity contribution in [1.82, 2.24) is 24.8 Å². The van der Waals surface area contributed by atoms with Gasteiger partial charge in [0.25, 0.3) is 5.91 Å². The van der Waals surface area contributed by atoms with Gasteiger partial charge in [0.2, 0.25) is 5.56 Å². The number of piperidine rings is 1. The smallest absolute Gasteiger partial charge is 0.254 e. The molecule has 1 atom stereocenters. The number of hydrogen-bond donors (Lipinski definition) is 2. The molecule has 2 fully saturated rings. The van der Waals surface area contributed by atoms with E-state index in [1.807, 2.05) is 35.7 Å². The van der Waals surface area contributed by atoms with E-state index in [0.29, 0.717) is 18.5 Å². The monoisotopic (exact) mass is 369 g/mol. The minimum atomic E-state index is -0.220. The van der Waals surface area contributed by atoms with E-state index < -0.39 is 0 Å².